The number of aryl methyl sites for hydroxylation is 3. The van der Waals surface area contributed by atoms with Gasteiger partial charge in [0.1, 0.15) is 12.1 Å². The van der Waals surface area contributed by atoms with E-state index in [9.17, 15) is 18.0 Å². The average Bonchev–Trinajstić information content (AvgIpc) is 3.34. The van der Waals surface area contributed by atoms with Crippen LogP contribution in [0.15, 0.2) is 60.9 Å². The Balaban J connectivity index is 1.42. The molecule has 2 aromatic heterocycles. The first-order valence-electron chi connectivity index (χ1n) is 13.8. The Labute approximate surface area is 237 Å². The van der Waals surface area contributed by atoms with E-state index in [4.69, 9.17) is 0 Å². The van der Waals surface area contributed by atoms with Crippen molar-refractivity contribution in [1.29, 1.82) is 0 Å². The normalized spacial score (nSPS) is 13.7. The van der Waals surface area contributed by atoms with Gasteiger partial charge in [0.05, 0.1) is 11.3 Å². The van der Waals surface area contributed by atoms with E-state index in [1.54, 1.807) is 10.7 Å². The SMILES string of the molecule is CCc1cc(-n2nc(C)cc2Nc2cc(CC(=O)c3cc(C4=CCCCC4)cc(C(F)(F)F)c3)ccc2C)ncn1. The van der Waals surface area contributed by atoms with Crippen molar-refractivity contribution in [3.63, 3.8) is 0 Å². The first-order chi connectivity index (χ1) is 19.6. The molecule has 2 aromatic carbocycles. The summed E-state index contributed by atoms with van der Waals surface area (Å²) >= 11 is 0. The topological polar surface area (TPSA) is 72.7 Å². The average molecular weight is 560 g/mol. The summed E-state index contributed by atoms with van der Waals surface area (Å²) in [5.41, 5.74) is 4.71. The maximum atomic E-state index is 13.8. The van der Waals surface area contributed by atoms with Crippen LogP contribution >= 0.6 is 0 Å². The molecule has 9 heteroatoms. The largest absolute Gasteiger partial charge is 0.416 e. The highest BCUT2D eigenvalue weighted by Crippen LogP contribution is 2.35. The molecule has 6 nitrogen and oxygen atoms in total. The maximum Gasteiger partial charge on any atom is 0.416 e. The summed E-state index contributed by atoms with van der Waals surface area (Å²) < 4.78 is 43.0. The third kappa shape index (κ3) is 6.56. The summed E-state index contributed by atoms with van der Waals surface area (Å²) in [6, 6.07) is 13.1. The molecule has 1 aliphatic rings. The van der Waals surface area contributed by atoms with Crippen molar-refractivity contribution in [2.75, 3.05) is 5.32 Å². The van der Waals surface area contributed by atoms with E-state index in [0.717, 1.165) is 66.0 Å². The van der Waals surface area contributed by atoms with Crippen LogP contribution < -0.4 is 5.32 Å². The number of nitrogens with one attached hydrogen (secondary N) is 1. The predicted octanol–water partition coefficient (Wildman–Crippen LogP) is 7.99. The van der Waals surface area contributed by atoms with Crippen LogP contribution in [0.25, 0.3) is 11.4 Å². The highest BCUT2D eigenvalue weighted by Gasteiger charge is 2.32. The number of aromatic nitrogens is 4. The molecule has 5 rings (SSSR count). The van der Waals surface area contributed by atoms with Crippen molar-refractivity contribution < 1.29 is 18.0 Å². The summed E-state index contributed by atoms with van der Waals surface area (Å²) in [6.45, 7) is 5.85. The van der Waals surface area contributed by atoms with Gasteiger partial charge in [-0.3, -0.25) is 4.79 Å². The second-order valence-corrected chi connectivity index (χ2v) is 10.5. The van der Waals surface area contributed by atoms with Crippen molar-refractivity contribution >= 4 is 22.9 Å². The molecule has 4 aromatic rings. The standard InChI is InChI=1S/C32H32F3N5O/c1-4-27-18-30(37-19-36-27)40-31(12-21(3)39-40)38-28-13-22(11-10-20(28)2)14-29(41)25-15-24(23-8-6-5-7-9-23)16-26(17-25)32(33,34)35/h8,10-13,15-19,38H,4-7,9,14H2,1-3H3. The van der Waals surface area contributed by atoms with Crippen molar-refractivity contribution in [2.45, 2.75) is 65.5 Å². The Morgan fingerprint density at radius 2 is 1.85 bits per heavy atom. The molecule has 212 valence electrons. The number of rotatable bonds is 8. The van der Waals surface area contributed by atoms with Crippen LogP contribution in [0.1, 0.15) is 76.6 Å². The van der Waals surface area contributed by atoms with Gasteiger partial charge in [-0.15, -0.1) is 0 Å². The quantitative estimate of drug-likeness (QED) is 0.222. The lowest BCUT2D eigenvalue weighted by atomic mass is 9.90. The number of Topliss-reactive ketones (excluding diaryl/α,β-unsaturated/α-hetero) is 1. The fraction of sp³-hybridized carbons (Fsp3) is 0.312. The summed E-state index contributed by atoms with van der Waals surface area (Å²) in [5.74, 6) is 0.959. The summed E-state index contributed by atoms with van der Waals surface area (Å²) in [6.07, 6.45) is 3.20. The zero-order valence-electron chi connectivity index (χ0n) is 23.3. The molecular formula is C32H32F3N5O. The van der Waals surface area contributed by atoms with E-state index in [0.29, 0.717) is 29.2 Å². The van der Waals surface area contributed by atoms with Crippen molar-refractivity contribution in [3.05, 3.63) is 100 Å². The van der Waals surface area contributed by atoms with Crippen LogP contribution in [0.2, 0.25) is 0 Å². The Morgan fingerprint density at radius 1 is 1.02 bits per heavy atom. The second-order valence-electron chi connectivity index (χ2n) is 10.5. The van der Waals surface area contributed by atoms with Crippen LogP contribution in [0.5, 0.6) is 0 Å². The molecule has 1 aliphatic carbocycles. The lowest BCUT2D eigenvalue weighted by molar-refractivity contribution is -0.137. The number of anilines is 2. The molecule has 2 heterocycles. The number of carbonyl (C=O) groups excluding carboxylic acids is 1. The third-order valence-electron chi connectivity index (χ3n) is 7.29. The number of hydrogen-bond acceptors (Lipinski definition) is 5. The van der Waals surface area contributed by atoms with Gasteiger partial charge in [-0.2, -0.15) is 23.0 Å². The molecule has 41 heavy (non-hydrogen) atoms. The van der Waals surface area contributed by atoms with Gasteiger partial charge in [0.15, 0.2) is 11.6 Å². The van der Waals surface area contributed by atoms with E-state index < -0.39 is 11.7 Å². The van der Waals surface area contributed by atoms with E-state index in [1.807, 2.05) is 57.2 Å². The molecule has 0 radical (unpaired) electrons. The summed E-state index contributed by atoms with van der Waals surface area (Å²) in [7, 11) is 0. The first kappa shape index (κ1) is 28.3. The molecule has 0 amide bonds. The van der Waals surface area contributed by atoms with Gasteiger partial charge in [0, 0.05) is 35.5 Å². The molecule has 1 N–H and O–H groups in total. The van der Waals surface area contributed by atoms with Gasteiger partial charge >= 0.3 is 6.18 Å². The number of halogens is 3. The molecule has 0 saturated carbocycles. The van der Waals surface area contributed by atoms with Crippen molar-refractivity contribution in [1.82, 2.24) is 19.7 Å². The molecule has 0 saturated heterocycles. The Bertz CT molecular complexity index is 1620. The van der Waals surface area contributed by atoms with E-state index >= 15 is 0 Å². The van der Waals surface area contributed by atoms with Gasteiger partial charge in [-0.1, -0.05) is 25.1 Å². The minimum absolute atomic E-state index is 0.0290. The molecule has 0 atom stereocenters. The van der Waals surface area contributed by atoms with E-state index in [-0.39, 0.29) is 17.8 Å². The lowest BCUT2D eigenvalue weighted by Crippen LogP contribution is -2.11. The number of hydrogen-bond donors (Lipinski definition) is 1. The fourth-order valence-corrected chi connectivity index (χ4v) is 5.04. The van der Waals surface area contributed by atoms with Gasteiger partial charge in [-0.25, -0.2) is 9.97 Å². The van der Waals surface area contributed by atoms with E-state index in [2.05, 4.69) is 20.4 Å². The van der Waals surface area contributed by atoms with Crippen LogP contribution in [0.4, 0.5) is 24.7 Å². The molecular weight excluding hydrogens is 527 g/mol. The number of nitrogens with zero attached hydrogens (tertiary/aromatic N) is 4. The summed E-state index contributed by atoms with van der Waals surface area (Å²) in [4.78, 5) is 22.0. The number of benzene rings is 2. The Hall–Kier alpha value is -4.27. The predicted molar refractivity (Wildman–Crippen MR) is 154 cm³/mol. The number of allylic oxidation sites excluding steroid dienone is 2. The van der Waals surface area contributed by atoms with Gasteiger partial charge in [0.25, 0.3) is 0 Å². The molecule has 0 unspecified atom stereocenters. The van der Waals surface area contributed by atoms with Crippen LogP contribution in [-0.2, 0) is 19.0 Å². The molecule has 0 spiro atoms. The summed E-state index contributed by atoms with van der Waals surface area (Å²) in [5, 5.41) is 7.99. The third-order valence-corrected chi connectivity index (χ3v) is 7.29. The zero-order valence-corrected chi connectivity index (χ0v) is 23.3. The highest BCUT2D eigenvalue weighted by molar-refractivity contribution is 5.98. The number of carbonyl (C=O) groups is 1. The molecule has 0 aliphatic heterocycles. The zero-order chi connectivity index (χ0) is 29.1. The van der Waals surface area contributed by atoms with Crippen LogP contribution in [0, 0.1) is 13.8 Å². The first-order valence-corrected chi connectivity index (χ1v) is 13.8. The Morgan fingerprint density at radius 3 is 2.59 bits per heavy atom. The Kier molecular flexibility index (Phi) is 8.06. The maximum absolute atomic E-state index is 13.8. The molecule has 0 fully saturated rings. The van der Waals surface area contributed by atoms with Gasteiger partial charge < -0.3 is 5.32 Å². The van der Waals surface area contributed by atoms with Crippen molar-refractivity contribution in [3.8, 4) is 5.82 Å². The minimum atomic E-state index is -4.54. The van der Waals surface area contributed by atoms with E-state index in [1.165, 1.54) is 6.33 Å². The minimum Gasteiger partial charge on any atom is -0.340 e. The number of ketones is 1. The number of alkyl halides is 3. The molecule has 0 bridgehead atoms. The lowest BCUT2D eigenvalue weighted by Gasteiger charge is -2.17. The van der Waals surface area contributed by atoms with Crippen molar-refractivity contribution in [2.24, 2.45) is 0 Å². The monoisotopic (exact) mass is 559 g/mol. The fourth-order valence-electron chi connectivity index (χ4n) is 5.04. The van der Waals surface area contributed by atoms with Crippen LogP contribution in [0.3, 0.4) is 0 Å². The van der Waals surface area contributed by atoms with Gasteiger partial charge in [-0.05, 0) is 92.5 Å². The second kappa shape index (κ2) is 11.7. The van der Waals surface area contributed by atoms with Gasteiger partial charge in [0.2, 0.25) is 0 Å². The smallest absolute Gasteiger partial charge is 0.340 e. The van der Waals surface area contributed by atoms with Crippen LogP contribution in [-0.4, -0.2) is 25.5 Å². The highest BCUT2D eigenvalue weighted by atomic mass is 19.4.